The molecule has 8 nitrogen and oxygen atoms in total. The van der Waals surface area contributed by atoms with Crippen LogP contribution in [0.4, 0.5) is 0 Å². The highest BCUT2D eigenvalue weighted by molar-refractivity contribution is 6.32. The Kier molecular flexibility index (Phi) is 8.55. The molecule has 33 heavy (non-hydrogen) atoms. The number of nitrogens with zero attached hydrogens (tertiary/aromatic N) is 1. The Morgan fingerprint density at radius 1 is 1.18 bits per heavy atom. The van der Waals surface area contributed by atoms with Crippen molar-refractivity contribution in [2.24, 2.45) is 5.73 Å². The number of hydrogen-bond donors (Lipinski definition) is 2. The third kappa shape index (κ3) is 6.83. The molecule has 9 heteroatoms. The van der Waals surface area contributed by atoms with E-state index in [2.05, 4.69) is 30.1 Å². The molecule has 0 bridgehead atoms. The van der Waals surface area contributed by atoms with Crippen molar-refractivity contribution in [2.75, 3.05) is 26.8 Å². The summed E-state index contributed by atoms with van der Waals surface area (Å²) in [6.45, 7) is 6.71. The first kappa shape index (κ1) is 24.8. The maximum absolute atomic E-state index is 12.8. The normalized spacial score (nSPS) is 18.5. The molecule has 2 atom stereocenters. The molecule has 3 N–H and O–H groups in total. The van der Waals surface area contributed by atoms with Crippen molar-refractivity contribution in [3.05, 3.63) is 58.1 Å². The zero-order chi connectivity index (χ0) is 24.0. The lowest BCUT2D eigenvalue weighted by Gasteiger charge is -2.35. The van der Waals surface area contributed by atoms with E-state index in [-0.39, 0.29) is 41.2 Å². The summed E-state index contributed by atoms with van der Waals surface area (Å²) in [5.74, 6) is -0.548. The first-order chi connectivity index (χ1) is 15.8. The summed E-state index contributed by atoms with van der Waals surface area (Å²) in [4.78, 5) is 26.2. The zero-order valence-electron chi connectivity index (χ0n) is 19.1. The van der Waals surface area contributed by atoms with Gasteiger partial charge in [0.1, 0.15) is 0 Å². The number of nitrogens with one attached hydrogen (secondary N) is 1. The fourth-order valence-corrected chi connectivity index (χ4v) is 4.22. The Balaban J connectivity index is 1.68. The van der Waals surface area contributed by atoms with Crippen LogP contribution in [0, 0.1) is 0 Å². The quantitative estimate of drug-likeness (QED) is 0.578. The third-order valence-corrected chi connectivity index (χ3v) is 5.58. The highest BCUT2D eigenvalue weighted by Crippen LogP contribution is 2.36. The lowest BCUT2D eigenvalue weighted by atomic mass is 10.1. The average Bonchev–Trinajstić information content (AvgIpc) is 2.76. The second kappa shape index (κ2) is 11.4. The SMILES string of the molecule is COc1cc(C(=O)NCc2ccccc2CN2CC(C)OC(C)C2)cc(Cl)c1OCC(N)=O. The number of ether oxygens (including phenoxy) is 3. The molecular formula is C24H30ClN3O5. The Bertz CT molecular complexity index is 990. The molecule has 0 radical (unpaired) electrons. The van der Waals surface area contributed by atoms with Gasteiger partial charge in [0.2, 0.25) is 0 Å². The standard InChI is InChI=1S/C24H30ClN3O5/c1-15-11-28(12-16(2)33-15)13-18-7-5-4-6-17(18)10-27-24(30)19-8-20(25)23(21(9-19)31-3)32-14-22(26)29/h4-9,15-16H,10-14H2,1-3H3,(H2,26,29)(H,27,30). The number of carbonyl (C=O) groups excluding carboxylic acids is 2. The van der Waals surface area contributed by atoms with Gasteiger partial charge in [0.25, 0.3) is 11.8 Å². The lowest BCUT2D eigenvalue weighted by Crippen LogP contribution is -2.45. The molecule has 2 amide bonds. The number of amides is 2. The van der Waals surface area contributed by atoms with Crippen LogP contribution in [0.15, 0.2) is 36.4 Å². The molecule has 0 aliphatic carbocycles. The number of morpholine rings is 1. The number of benzene rings is 2. The first-order valence-electron chi connectivity index (χ1n) is 10.8. The van der Waals surface area contributed by atoms with Gasteiger partial charge in [-0.1, -0.05) is 35.9 Å². The zero-order valence-corrected chi connectivity index (χ0v) is 19.9. The maximum Gasteiger partial charge on any atom is 0.255 e. The smallest absolute Gasteiger partial charge is 0.255 e. The van der Waals surface area contributed by atoms with Crippen LogP contribution in [0.5, 0.6) is 11.5 Å². The highest BCUT2D eigenvalue weighted by Gasteiger charge is 2.23. The molecule has 1 aliphatic heterocycles. The number of methoxy groups -OCH3 is 1. The first-order valence-corrected chi connectivity index (χ1v) is 11.2. The summed E-state index contributed by atoms with van der Waals surface area (Å²) in [6.07, 6.45) is 0.380. The highest BCUT2D eigenvalue weighted by atomic mass is 35.5. The Morgan fingerprint density at radius 2 is 1.85 bits per heavy atom. The number of nitrogens with two attached hydrogens (primary N) is 1. The van der Waals surface area contributed by atoms with Crippen LogP contribution < -0.4 is 20.5 Å². The third-order valence-electron chi connectivity index (χ3n) is 5.30. The minimum atomic E-state index is -0.644. The van der Waals surface area contributed by atoms with Crippen LogP contribution in [0.1, 0.15) is 35.3 Å². The van der Waals surface area contributed by atoms with Crippen molar-refractivity contribution >= 4 is 23.4 Å². The Morgan fingerprint density at radius 3 is 2.48 bits per heavy atom. The number of halogens is 1. The van der Waals surface area contributed by atoms with Crippen LogP contribution in [0.3, 0.4) is 0 Å². The molecule has 3 rings (SSSR count). The topological polar surface area (TPSA) is 103 Å². The van der Waals surface area contributed by atoms with E-state index in [1.165, 1.54) is 19.2 Å². The van der Waals surface area contributed by atoms with Crippen LogP contribution in [0.2, 0.25) is 5.02 Å². The van der Waals surface area contributed by atoms with E-state index in [1.54, 1.807) is 0 Å². The van der Waals surface area contributed by atoms with Crippen molar-refractivity contribution < 1.29 is 23.8 Å². The predicted molar refractivity (Wildman–Crippen MR) is 126 cm³/mol. The summed E-state index contributed by atoms with van der Waals surface area (Å²) >= 11 is 6.26. The molecule has 2 aromatic carbocycles. The largest absolute Gasteiger partial charge is 0.493 e. The monoisotopic (exact) mass is 475 g/mol. The van der Waals surface area contributed by atoms with Gasteiger partial charge in [-0.05, 0) is 37.1 Å². The van der Waals surface area contributed by atoms with Crippen molar-refractivity contribution in [2.45, 2.75) is 39.1 Å². The molecule has 0 spiro atoms. The van der Waals surface area contributed by atoms with E-state index in [0.717, 1.165) is 30.8 Å². The summed E-state index contributed by atoms with van der Waals surface area (Å²) in [6, 6.07) is 11.0. The summed E-state index contributed by atoms with van der Waals surface area (Å²) in [5, 5.41) is 3.10. The van der Waals surface area contributed by atoms with Crippen LogP contribution in [-0.2, 0) is 22.6 Å². The summed E-state index contributed by atoms with van der Waals surface area (Å²) in [7, 11) is 1.42. The average molecular weight is 476 g/mol. The lowest BCUT2D eigenvalue weighted by molar-refractivity contribution is -0.119. The van der Waals surface area contributed by atoms with Gasteiger partial charge in [0, 0.05) is 31.7 Å². The summed E-state index contributed by atoms with van der Waals surface area (Å²) in [5.41, 5.74) is 7.63. The van der Waals surface area contributed by atoms with Gasteiger partial charge in [-0.2, -0.15) is 0 Å². The minimum Gasteiger partial charge on any atom is -0.493 e. The van der Waals surface area contributed by atoms with Gasteiger partial charge in [0.05, 0.1) is 24.3 Å². The Hall–Kier alpha value is -2.81. The van der Waals surface area contributed by atoms with E-state index >= 15 is 0 Å². The molecule has 0 aromatic heterocycles. The fraction of sp³-hybridized carbons (Fsp3) is 0.417. The number of carbonyl (C=O) groups is 2. The second-order valence-corrected chi connectivity index (χ2v) is 8.55. The van der Waals surface area contributed by atoms with Gasteiger partial charge >= 0.3 is 0 Å². The molecule has 2 aromatic rings. The van der Waals surface area contributed by atoms with Crippen molar-refractivity contribution in [3.63, 3.8) is 0 Å². The van der Waals surface area contributed by atoms with E-state index in [4.69, 9.17) is 31.5 Å². The molecule has 1 aliphatic rings. The van der Waals surface area contributed by atoms with Gasteiger partial charge in [-0.3, -0.25) is 14.5 Å². The fourth-order valence-electron chi connectivity index (χ4n) is 3.95. The molecular weight excluding hydrogens is 446 g/mol. The van der Waals surface area contributed by atoms with Gasteiger partial charge < -0.3 is 25.3 Å². The number of rotatable bonds is 9. The van der Waals surface area contributed by atoms with Crippen molar-refractivity contribution in [1.82, 2.24) is 10.2 Å². The maximum atomic E-state index is 12.8. The van der Waals surface area contributed by atoms with Gasteiger partial charge in [0.15, 0.2) is 18.1 Å². The van der Waals surface area contributed by atoms with Crippen molar-refractivity contribution in [3.8, 4) is 11.5 Å². The van der Waals surface area contributed by atoms with Crippen LogP contribution >= 0.6 is 11.6 Å². The number of hydrogen-bond acceptors (Lipinski definition) is 6. The van der Waals surface area contributed by atoms with Gasteiger partial charge in [-0.25, -0.2) is 0 Å². The summed E-state index contributed by atoms with van der Waals surface area (Å²) < 4.78 is 16.4. The second-order valence-electron chi connectivity index (χ2n) is 8.15. The molecule has 1 heterocycles. The predicted octanol–water partition coefficient (Wildman–Crippen LogP) is 2.75. The van der Waals surface area contributed by atoms with Crippen molar-refractivity contribution in [1.29, 1.82) is 0 Å². The minimum absolute atomic E-state index is 0.150. The van der Waals surface area contributed by atoms with E-state index in [1.807, 2.05) is 18.2 Å². The van der Waals surface area contributed by atoms with Crippen LogP contribution in [0.25, 0.3) is 0 Å². The van der Waals surface area contributed by atoms with Gasteiger partial charge in [-0.15, -0.1) is 0 Å². The molecule has 1 saturated heterocycles. The van der Waals surface area contributed by atoms with Crippen LogP contribution in [-0.4, -0.2) is 55.7 Å². The van der Waals surface area contributed by atoms with E-state index < -0.39 is 5.91 Å². The molecule has 0 saturated carbocycles. The molecule has 2 unspecified atom stereocenters. The number of primary amides is 1. The Labute approximate surface area is 198 Å². The molecule has 1 fully saturated rings. The molecule has 178 valence electrons. The van der Waals surface area contributed by atoms with E-state index in [9.17, 15) is 9.59 Å². The van der Waals surface area contributed by atoms with E-state index in [0.29, 0.717) is 12.1 Å².